The Labute approximate surface area is 154 Å². The molecule has 0 bridgehead atoms. The summed E-state index contributed by atoms with van der Waals surface area (Å²) >= 11 is 0. The van der Waals surface area contributed by atoms with Gasteiger partial charge in [-0.25, -0.2) is 14.2 Å². The van der Waals surface area contributed by atoms with Gasteiger partial charge in [0, 0.05) is 5.39 Å². The van der Waals surface area contributed by atoms with Crippen LogP contribution in [0.3, 0.4) is 0 Å². The molecule has 4 aromatic rings. The van der Waals surface area contributed by atoms with E-state index in [1.807, 2.05) is 25.1 Å². The highest BCUT2D eigenvalue weighted by Gasteiger charge is 2.16. The molecule has 1 N–H and O–H groups in total. The van der Waals surface area contributed by atoms with Gasteiger partial charge in [-0.2, -0.15) is 0 Å². The maximum Gasteiger partial charge on any atom is 0.336 e. The van der Waals surface area contributed by atoms with Crippen molar-refractivity contribution in [2.45, 2.75) is 13.3 Å². The fourth-order valence-corrected chi connectivity index (χ4v) is 3.08. The average molecular weight is 361 g/mol. The molecule has 0 aliphatic rings. The molecule has 2 aromatic carbocycles. The topological polar surface area (TPSA) is 63.3 Å². The van der Waals surface area contributed by atoms with Gasteiger partial charge in [-0.3, -0.25) is 0 Å². The summed E-state index contributed by atoms with van der Waals surface area (Å²) < 4.78 is 19.8. The summed E-state index contributed by atoms with van der Waals surface area (Å²) in [6, 6.07) is 16.7. The van der Waals surface area contributed by atoms with Crippen LogP contribution < -0.4 is 0 Å². The quantitative estimate of drug-likeness (QED) is 0.517. The number of hydrogen-bond donors (Lipinski definition) is 1. The van der Waals surface area contributed by atoms with Gasteiger partial charge in [-0.05, 0) is 54.4 Å². The molecule has 2 aromatic heterocycles. The summed E-state index contributed by atoms with van der Waals surface area (Å²) in [5.74, 6) is -0.665. The Bertz CT molecular complexity index is 1160. The minimum Gasteiger partial charge on any atom is -0.478 e. The SMILES string of the molecule is CCc1ccc2nc(-c3ccc(-c4ccccc4F)o3)cc(C(=O)O)c2c1. The molecule has 27 heavy (non-hydrogen) atoms. The molecule has 0 spiro atoms. The fraction of sp³-hybridized carbons (Fsp3) is 0.0909. The highest BCUT2D eigenvalue weighted by molar-refractivity contribution is 6.03. The zero-order valence-corrected chi connectivity index (χ0v) is 14.6. The molecule has 0 unspecified atom stereocenters. The average Bonchev–Trinajstić information content (AvgIpc) is 3.16. The summed E-state index contributed by atoms with van der Waals surface area (Å²) in [7, 11) is 0. The van der Waals surface area contributed by atoms with Gasteiger partial charge in [0.15, 0.2) is 5.76 Å². The Balaban J connectivity index is 1.85. The number of benzene rings is 2. The summed E-state index contributed by atoms with van der Waals surface area (Å²) in [5, 5.41) is 10.2. The molecular weight excluding hydrogens is 345 g/mol. The third-order valence-corrected chi connectivity index (χ3v) is 4.51. The Morgan fingerprint density at radius 3 is 2.59 bits per heavy atom. The molecule has 134 valence electrons. The predicted molar refractivity (Wildman–Crippen MR) is 101 cm³/mol. The number of halogens is 1. The summed E-state index contributed by atoms with van der Waals surface area (Å²) in [6.45, 7) is 2.01. The van der Waals surface area contributed by atoms with Crippen molar-refractivity contribution in [2.24, 2.45) is 0 Å². The minimum atomic E-state index is -1.03. The maximum absolute atomic E-state index is 14.0. The van der Waals surface area contributed by atoms with Crippen LogP contribution in [0.5, 0.6) is 0 Å². The molecule has 0 aliphatic carbocycles. The van der Waals surface area contributed by atoms with E-state index in [1.54, 1.807) is 30.3 Å². The van der Waals surface area contributed by atoms with Crippen molar-refractivity contribution in [3.63, 3.8) is 0 Å². The molecule has 0 amide bonds. The second kappa shape index (κ2) is 6.68. The number of fused-ring (bicyclic) bond motifs is 1. The number of aromatic nitrogens is 1. The minimum absolute atomic E-state index is 0.161. The van der Waals surface area contributed by atoms with Crippen molar-refractivity contribution in [1.29, 1.82) is 0 Å². The van der Waals surface area contributed by atoms with Gasteiger partial charge in [0.2, 0.25) is 0 Å². The van der Waals surface area contributed by atoms with Crippen molar-refractivity contribution in [3.05, 3.63) is 77.6 Å². The Kier molecular flexibility index (Phi) is 4.20. The Hall–Kier alpha value is -3.47. The second-order valence-electron chi connectivity index (χ2n) is 6.21. The lowest BCUT2D eigenvalue weighted by molar-refractivity contribution is 0.0699. The summed E-state index contributed by atoms with van der Waals surface area (Å²) in [4.78, 5) is 16.3. The van der Waals surface area contributed by atoms with Gasteiger partial charge in [0.25, 0.3) is 0 Å². The summed E-state index contributed by atoms with van der Waals surface area (Å²) in [6.07, 6.45) is 0.806. The lowest BCUT2D eigenvalue weighted by Crippen LogP contribution is -2.00. The molecule has 5 heteroatoms. The van der Waals surface area contributed by atoms with Crippen molar-refractivity contribution in [3.8, 4) is 22.8 Å². The third kappa shape index (κ3) is 3.08. The first-order valence-electron chi connectivity index (χ1n) is 8.59. The number of pyridine rings is 1. The smallest absolute Gasteiger partial charge is 0.336 e. The van der Waals surface area contributed by atoms with Crippen LogP contribution in [-0.4, -0.2) is 16.1 Å². The first kappa shape index (κ1) is 17.0. The first-order chi connectivity index (χ1) is 13.1. The standard InChI is InChI=1S/C22H16FNO3/c1-2-13-7-8-18-15(11-13)16(22(25)26)12-19(24-18)21-10-9-20(27-21)14-5-3-4-6-17(14)23/h3-12H,2H2,1H3,(H,25,26). The molecule has 0 saturated heterocycles. The van der Waals surface area contributed by atoms with Crippen LogP contribution in [0.2, 0.25) is 0 Å². The zero-order chi connectivity index (χ0) is 19.0. The number of nitrogens with zero attached hydrogens (tertiary/aromatic N) is 1. The van der Waals surface area contributed by atoms with Gasteiger partial charge in [0.05, 0.1) is 16.6 Å². The van der Waals surface area contributed by atoms with E-state index in [2.05, 4.69) is 4.98 Å². The van der Waals surface area contributed by atoms with Crippen LogP contribution in [0.4, 0.5) is 4.39 Å². The number of carboxylic acid groups (broad SMARTS) is 1. The summed E-state index contributed by atoms with van der Waals surface area (Å²) in [5.41, 5.74) is 2.52. The number of aromatic carboxylic acids is 1. The van der Waals surface area contributed by atoms with E-state index < -0.39 is 5.97 Å². The number of furan rings is 1. The molecule has 0 radical (unpaired) electrons. The Morgan fingerprint density at radius 2 is 1.85 bits per heavy atom. The molecule has 0 saturated carbocycles. The van der Waals surface area contributed by atoms with Gasteiger partial charge < -0.3 is 9.52 Å². The monoisotopic (exact) mass is 361 g/mol. The predicted octanol–water partition coefficient (Wildman–Crippen LogP) is 5.56. The van der Waals surface area contributed by atoms with E-state index in [0.29, 0.717) is 33.7 Å². The van der Waals surface area contributed by atoms with E-state index >= 15 is 0 Å². The van der Waals surface area contributed by atoms with Crippen LogP contribution >= 0.6 is 0 Å². The van der Waals surface area contributed by atoms with Gasteiger partial charge in [0.1, 0.15) is 17.3 Å². The third-order valence-electron chi connectivity index (χ3n) is 4.51. The Morgan fingerprint density at radius 1 is 1.07 bits per heavy atom. The van der Waals surface area contributed by atoms with E-state index in [4.69, 9.17) is 4.42 Å². The van der Waals surface area contributed by atoms with Crippen molar-refractivity contribution in [1.82, 2.24) is 4.98 Å². The molecule has 4 rings (SSSR count). The number of carbonyl (C=O) groups is 1. The van der Waals surface area contributed by atoms with Crippen molar-refractivity contribution >= 4 is 16.9 Å². The van der Waals surface area contributed by atoms with E-state index in [9.17, 15) is 14.3 Å². The van der Waals surface area contributed by atoms with Crippen LogP contribution in [-0.2, 0) is 6.42 Å². The molecule has 4 nitrogen and oxygen atoms in total. The van der Waals surface area contributed by atoms with Gasteiger partial charge in [-0.15, -0.1) is 0 Å². The van der Waals surface area contributed by atoms with E-state index in [0.717, 1.165) is 12.0 Å². The first-order valence-corrected chi connectivity index (χ1v) is 8.59. The van der Waals surface area contributed by atoms with Crippen LogP contribution in [0, 0.1) is 5.82 Å². The zero-order valence-electron chi connectivity index (χ0n) is 14.6. The van der Waals surface area contributed by atoms with Gasteiger partial charge >= 0.3 is 5.97 Å². The highest BCUT2D eigenvalue weighted by Crippen LogP contribution is 2.31. The highest BCUT2D eigenvalue weighted by atomic mass is 19.1. The largest absolute Gasteiger partial charge is 0.478 e. The molecule has 0 aliphatic heterocycles. The van der Waals surface area contributed by atoms with E-state index in [1.165, 1.54) is 12.1 Å². The van der Waals surface area contributed by atoms with Crippen LogP contribution in [0.15, 0.2) is 65.1 Å². The number of carboxylic acids is 1. The molecule has 2 heterocycles. The van der Waals surface area contributed by atoms with Crippen molar-refractivity contribution < 1.29 is 18.7 Å². The van der Waals surface area contributed by atoms with Gasteiger partial charge in [-0.1, -0.05) is 25.1 Å². The molecular formula is C22H16FNO3. The lowest BCUT2D eigenvalue weighted by Gasteiger charge is -2.07. The molecule has 0 atom stereocenters. The lowest BCUT2D eigenvalue weighted by atomic mass is 10.0. The van der Waals surface area contributed by atoms with Crippen molar-refractivity contribution in [2.75, 3.05) is 0 Å². The number of aryl methyl sites for hydroxylation is 1. The van der Waals surface area contributed by atoms with Crippen LogP contribution in [0.1, 0.15) is 22.8 Å². The molecule has 0 fully saturated rings. The second-order valence-corrected chi connectivity index (χ2v) is 6.21. The maximum atomic E-state index is 14.0. The van der Waals surface area contributed by atoms with Crippen LogP contribution in [0.25, 0.3) is 33.7 Å². The number of rotatable bonds is 4. The normalized spacial score (nSPS) is 11.0. The van der Waals surface area contributed by atoms with E-state index in [-0.39, 0.29) is 11.4 Å². The number of hydrogen-bond acceptors (Lipinski definition) is 3. The fourth-order valence-electron chi connectivity index (χ4n) is 3.08.